The van der Waals surface area contributed by atoms with E-state index in [1.54, 1.807) is 0 Å². The average molecular weight is 833 g/mol. The Balaban J connectivity index is 1.01. The molecule has 300 valence electrons. The van der Waals surface area contributed by atoms with E-state index in [1.165, 1.54) is 70.0 Å². The van der Waals surface area contributed by atoms with Crippen LogP contribution in [0.1, 0.15) is 0 Å². The van der Waals surface area contributed by atoms with Gasteiger partial charge in [0.2, 0.25) is 0 Å². The normalized spacial score (nSPS) is 12.1. The van der Waals surface area contributed by atoms with Gasteiger partial charge in [-0.1, -0.05) is 182 Å². The number of hydrogen-bond acceptors (Lipinski definition) is 1. The standard InChI is InChI=1S/C60H40N2OSi/c1-5-19-42(20-6-1)61-53-31-16-14-28-49(53)60-55(61)32-18-33-56(60)62-52-30-15-13-27-48(52)51-39-41(35-38-54(51)62)47-29-17-34-57-59(47)50-37-36-46(40-58(50)63-57)64(43-21-7-2-8-22-43,44-23-9-3-10-24-44)45-25-11-4-12-26-45/h1-40H. The number of para-hydroxylation sites is 3. The summed E-state index contributed by atoms with van der Waals surface area (Å²) in [6.07, 6.45) is 0. The van der Waals surface area contributed by atoms with Gasteiger partial charge < -0.3 is 13.6 Å². The van der Waals surface area contributed by atoms with Crippen LogP contribution >= 0.6 is 0 Å². The Hall–Kier alpha value is -8.18. The Morgan fingerprint density at radius 2 is 0.875 bits per heavy atom. The highest BCUT2D eigenvalue weighted by molar-refractivity contribution is 7.20. The third-order valence-corrected chi connectivity index (χ3v) is 18.2. The number of hydrogen-bond donors (Lipinski definition) is 0. The van der Waals surface area contributed by atoms with Gasteiger partial charge in [-0.15, -0.1) is 0 Å². The molecule has 0 amide bonds. The van der Waals surface area contributed by atoms with Gasteiger partial charge in [-0.2, -0.15) is 0 Å². The molecule has 10 aromatic carbocycles. The first-order chi connectivity index (χ1) is 31.8. The van der Waals surface area contributed by atoms with Gasteiger partial charge >= 0.3 is 0 Å². The third-order valence-electron chi connectivity index (χ3n) is 13.5. The Morgan fingerprint density at radius 3 is 1.56 bits per heavy atom. The van der Waals surface area contributed by atoms with E-state index in [9.17, 15) is 0 Å². The molecule has 0 aliphatic heterocycles. The topological polar surface area (TPSA) is 23.0 Å². The molecule has 0 saturated carbocycles. The Kier molecular flexibility index (Phi) is 8.23. The molecule has 0 spiro atoms. The summed E-state index contributed by atoms with van der Waals surface area (Å²) in [7, 11) is -2.74. The van der Waals surface area contributed by atoms with Crippen molar-refractivity contribution in [1.29, 1.82) is 0 Å². The van der Waals surface area contributed by atoms with E-state index in [1.807, 2.05) is 0 Å². The predicted octanol–water partition coefficient (Wildman–Crippen LogP) is 12.8. The van der Waals surface area contributed by atoms with Gasteiger partial charge in [-0.05, 0) is 92.5 Å². The lowest BCUT2D eigenvalue weighted by atomic mass is 9.98. The third kappa shape index (κ3) is 5.33. The van der Waals surface area contributed by atoms with Gasteiger partial charge in [0.25, 0.3) is 0 Å². The highest BCUT2D eigenvalue weighted by Gasteiger charge is 2.41. The number of aromatic nitrogens is 2. The fourth-order valence-corrected chi connectivity index (χ4v) is 15.6. The van der Waals surface area contributed by atoms with Crippen LogP contribution in [0.5, 0.6) is 0 Å². The first-order valence-electron chi connectivity index (χ1n) is 22.0. The van der Waals surface area contributed by atoms with Crippen LogP contribution in [-0.4, -0.2) is 17.2 Å². The van der Waals surface area contributed by atoms with Crippen molar-refractivity contribution in [2.75, 3.05) is 0 Å². The van der Waals surface area contributed by atoms with Gasteiger partial charge in [0.1, 0.15) is 11.2 Å². The fourth-order valence-electron chi connectivity index (χ4n) is 10.8. The minimum atomic E-state index is -2.74. The van der Waals surface area contributed by atoms with Crippen LogP contribution in [0.25, 0.3) is 88.1 Å². The summed E-state index contributed by atoms with van der Waals surface area (Å²) in [5.74, 6) is 0. The van der Waals surface area contributed by atoms with Crippen molar-refractivity contribution in [2.45, 2.75) is 0 Å². The van der Waals surface area contributed by atoms with Crippen molar-refractivity contribution in [2.24, 2.45) is 0 Å². The van der Waals surface area contributed by atoms with Crippen LogP contribution in [0.3, 0.4) is 0 Å². The lowest BCUT2D eigenvalue weighted by molar-refractivity contribution is 0.669. The summed E-state index contributed by atoms with van der Waals surface area (Å²) < 4.78 is 11.8. The SMILES string of the molecule is c1ccc(-n2c3ccccc3c3c(-n4c5ccccc5c5cc(-c6cccc7oc8cc([Si](c9ccccc9)(c9ccccc9)c9ccccc9)ccc8c67)ccc54)cccc32)cc1. The monoisotopic (exact) mass is 832 g/mol. The number of furan rings is 1. The van der Waals surface area contributed by atoms with Gasteiger partial charge in [0, 0.05) is 38.0 Å². The van der Waals surface area contributed by atoms with E-state index >= 15 is 0 Å². The molecule has 0 unspecified atom stereocenters. The van der Waals surface area contributed by atoms with Gasteiger partial charge in [-0.25, -0.2) is 0 Å². The highest BCUT2D eigenvalue weighted by atomic mass is 28.3. The Bertz CT molecular complexity index is 3790. The predicted molar refractivity (Wildman–Crippen MR) is 271 cm³/mol. The second-order valence-electron chi connectivity index (χ2n) is 16.8. The summed E-state index contributed by atoms with van der Waals surface area (Å²) in [5.41, 5.74) is 11.2. The van der Waals surface area contributed by atoms with E-state index in [-0.39, 0.29) is 0 Å². The number of fused-ring (bicyclic) bond motifs is 9. The van der Waals surface area contributed by atoms with Crippen LogP contribution in [0, 0.1) is 0 Å². The molecule has 3 heterocycles. The average Bonchev–Trinajstić information content (AvgIpc) is 4.03. The molecule has 13 rings (SSSR count). The quantitative estimate of drug-likeness (QED) is 0.116. The zero-order chi connectivity index (χ0) is 42.2. The lowest BCUT2D eigenvalue weighted by Crippen LogP contribution is -2.74. The van der Waals surface area contributed by atoms with E-state index in [0.717, 1.165) is 38.8 Å². The van der Waals surface area contributed by atoms with E-state index in [2.05, 4.69) is 252 Å². The maximum absolute atomic E-state index is 6.90. The maximum Gasteiger partial charge on any atom is 0.179 e. The van der Waals surface area contributed by atoms with Crippen molar-refractivity contribution in [3.8, 4) is 22.5 Å². The van der Waals surface area contributed by atoms with Crippen molar-refractivity contribution >= 4 is 94.4 Å². The molecule has 0 bridgehead atoms. The van der Waals surface area contributed by atoms with Crippen molar-refractivity contribution < 1.29 is 4.42 Å². The minimum Gasteiger partial charge on any atom is -0.456 e. The smallest absolute Gasteiger partial charge is 0.179 e. The first-order valence-corrected chi connectivity index (χ1v) is 24.0. The summed E-state index contributed by atoms with van der Waals surface area (Å²) in [6.45, 7) is 0. The molecule has 0 saturated heterocycles. The summed E-state index contributed by atoms with van der Waals surface area (Å²) >= 11 is 0. The second-order valence-corrected chi connectivity index (χ2v) is 20.6. The molecule has 64 heavy (non-hydrogen) atoms. The molecular formula is C60H40N2OSi. The Morgan fingerprint density at radius 1 is 0.312 bits per heavy atom. The molecule has 0 N–H and O–H groups in total. The number of nitrogens with zero attached hydrogens (tertiary/aromatic N) is 2. The molecule has 0 atom stereocenters. The van der Waals surface area contributed by atoms with Crippen LogP contribution in [0.15, 0.2) is 247 Å². The van der Waals surface area contributed by atoms with E-state index in [0.29, 0.717) is 0 Å². The molecule has 13 aromatic rings. The van der Waals surface area contributed by atoms with E-state index < -0.39 is 8.07 Å². The van der Waals surface area contributed by atoms with E-state index in [4.69, 9.17) is 4.42 Å². The highest BCUT2D eigenvalue weighted by Crippen LogP contribution is 2.42. The van der Waals surface area contributed by atoms with Crippen molar-refractivity contribution in [3.05, 3.63) is 243 Å². The van der Waals surface area contributed by atoms with Crippen LogP contribution in [-0.2, 0) is 0 Å². The lowest BCUT2D eigenvalue weighted by Gasteiger charge is -2.34. The molecule has 0 radical (unpaired) electrons. The van der Waals surface area contributed by atoms with Gasteiger partial charge in [0.15, 0.2) is 8.07 Å². The largest absolute Gasteiger partial charge is 0.456 e. The number of benzene rings is 10. The summed E-state index contributed by atoms with van der Waals surface area (Å²) in [6, 6.07) is 88.8. The molecule has 0 aliphatic rings. The first kappa shape index (κ1) is 36.5. The second kappa shape index (κ2) is 14.5. The molecule has 0 fully saturated rings. The molecule has 3 nitrogen and oxygen atoms in total. The summed E-state index contributed by atoms with van der Waals surface area (Å²) in [4.78, 5) is 0. The molecular weight excluding hydrogens is 793 g/mol. The zero-order valence-corrected chi connectivity index (χ0v) is 35.9. The molecule has 4 heteroatoms. The van der Waals surface area contributed by atoms with Gasteiger partial charge in [0.05, 0.1) is 27.8 Å². The minimum absolute atomic E-state index is 0.889. The van der Waals surface area contributed by atoms with Crippen molar-refractivity contribution in [3.63, 3.8) is 0 Å². The fraction of sp³-hybridized carbons (Fsp3) is 0. The molecule has 0 aliphatic carbocycles. The maximum atomic E-state index is 6.90. The van der Waals surface area contributed by atoms with Crippen LogP contribution < -0.4 is 20.7 Å². The van der Waals surface area contributed by atoms with Crippen LogP contribution in [0.2, 0.25) is 0 Å². The summed E-state index contributed by atoms with van der Waals surface area (Å²) in [5, 5.41) is 12.5. The van der Waals surface area contributed by atoms with Gasteiger partial charge in [-0.3, -0.25) is 0 Å². The van der Waals surface area contributed by atoms with Crippen molar-refractivity contribution in [1.82, 2.24) is 9.13 Å². The molecule has 3 aromatic heterocycles. The van der Waals surface area contributed by atoms with Crippen LogP contribution in [0.4, 0.5) is 0 Å². The number of rotatable bonds is 7. The Labute approximate surface area is 371 Å². The zero-order valence-electron chi connectivity index (χ0n) is 34.9.